The number of carbonyl (C=O) groups is 1. The normalized spacial score (nSPS) is 14.3. The molecule has 0 atom stereocenters. The van der Waals surface area contributed by atoms with Crippen molar-refractivity contribution in [1.82, 2.24) is 30.1 Å². The van der Waals surface area contributed by atoms with E-state index in [1.54, 1.807) is 23.7 Å². The van der Waals surface area contributed by atoms with Gasteiger partial charge in [0.25, 0.3) is 0 Å². The summed E-state index contributed by atoms with van der Waals surface area (Å²) in [5, 5.41) is 12.7. The van der Waals surface area contributed by atoms with Gasteiger partial charge in [-0.2, -0.15) is 5.10 Å². The summed E-state index contributed by atoms with van der Waals surface area (Å²) in [5.74, 6) is 1.19. The van der Waals surface area contributed by atoms with Crippen LogP contribution in [0.5, 0.6) is 0 Å². The fourth-order valence-electron chi connectivity index (χ4n) is 5.51. The highest BCUT2D eigenvalue weighted by Gasteiger charge is 2.19. The van der Waals surface area contributed by atoms with E-state index in [1.807, 2.05) is 36.4 Å². The maximum Gasteiger partial charge on any atom is 0.224 e. The van der Waals surface area contributed by atoms with E-state index < -0.39 is 0 Å². The van der Waals surface area contributed by atoms with Crippen LogP contribution in [0, 0.1) is 5.92 Å². The van der Waals surface area contributed by atoms with Gasteiger partial charge in [0.1, 0.15) is 5.52 Å². The van der Waals surface area contributed by atoms with Crippen LogP contribution in [0.25, 0.3) is 55.3 Å². The van der Waals surface area contributed by atoms with Crippen LogP contribution in [-0.4, -0.2) is 36.0 Å². The quantitative estimate of drug-likeness (QED) is 0.210. The number of benzene rings is 1. The van der Waals surface area contributed by atoms with Crippen molar-refractivity contribution >= 4 is 45.0 Å². The maximum absolute atomic E-state index is 12.7. The Hall–Kier alpha value is -4.37. The van der Waals surface area contributed by atoms with Crippen molar-refractivity contribution in [3.05, 3.63) is 66.3 Å². The molecule has 0 radical (unpaired) electrons. The number of anilines is 1. The van der Waals surface area contributed by atoms with Crippen molar-refractivity contribution in [2.75, 3.05) is 5.32 Å². The molecule has 1 aliphatic carbocycles. The molecule has 5 heterocycles. The van der Waals surface area contributed by atoms with Crippen LogP contribution in [-0.2, 0) is 4.79 Å². The van der Waals surface area contributed by atoms with E-state index in [1.165, 1.54) is 24.1 Å². The van der Waals surface area contributed by atoms with Crippen molar-refractivity contribution in [3.63, 3.8) is 0 Å². The van der Waals surface area contributed by atoms with Crippen molar-refractivity contribution < 1.29 is 4.79 Å². The SMILES string of the molecule is O=C(CC1CCCCC1)Nc1cncc(-c2ccc3[nH]nc(-c4nc5c(-c6cccs6)cccc5[nH]4)c3n2)c1. The molecule has 9 heteroatoms. The van der Waals surface area contributed by atoms with Gasteiger partial charge < -0.3 is 10.3 Å². The van der Waals surface area contributed by atoms with E-state index in [0.717, 1.165) is 51.7 Å². The largest absolute Gasteiger partial charge is 0.336 e. The molecule has 6 aromatic rings. The first kappa shape index (κ1) is 23.7. The zero-order valence-corrected chi connectivity index (χ0v) is 22.1. The molecule has 7 rings (SSSR count). The molecule has 39 heavy (non-hydrogen) atoms. The van der Waals surface area contributed by atoms with Crippen LogP contribution >= 0.6 is 11.3 Å². The molecule has 8 nitrogen and oxygen atoms in total. The van der Waals surface area contributed by atoms with Crippen LogP contribution in [0.3, 0.4) is 0 Å². The van der Waals surface area contributed by atoms with E-state index in [0.29, 0.717) is 29.5 Å². The number of hydrogen-bond acceptors (Lipinski definition) is 6. The Morgan fingerprint density at radius 1 is 0.974 bits per heavy atom. The third kappa shape index (κ3) is 4.70. The van der Waals surface area contributed by atoms with Gasteiger partial charge in [0.05, 0.1) is 34.1 Å². The first-order valence-corrected chi connectivity index (χ1v) is 14.2. The number of aromatic amines is 2. The van der Waals surface area contributed by atoms with Gasteiger partial charge in [0.2, 0.25) is 5.91 Å². The second kappa shape index (κ2) is 10.1. The maximum atomic E-state index is 12.7. The molecule has 0 spiro atoms. The lowest BCUT2D eigenvalue weighted by molar-refractivity contribution is -0.117. The van der Waals surface area contributed by atoms with Crippen molar-refractivity contribution in [2.45, 2.75) is 38.5 Å². The lowest BCUT2D eigenvalue weighted by Gasteiger charge is -2.20. The number of nitrogens with zero attached hydrogens (tertiary/aromatic N) is 4. The average molecular weight is 534 g/mol. The second-order valence-corrected chi connectivity index (χ2v) is 11.1. The Balaban J connectivity index is 1.19. The average Bonchev–Trinajstić information content (AvgIpc) is 3.73. The molecule has 0 aliphatic heterocycles. The number of thiophene rings is 1. The highest BCUT2D eigenvalue weighted by molar-refractivity contribution is 7.13. The Labute approximate surface area is 228 Å². The number of H-pyrrole nitrogens is 2. The predicted molar refractivity (Wildman–Crippen MR) is 155 cm³/mol. The molecule has 1 aromatic carbocycles. The first-order valence-electron chi connectivity index (χ1n) is 13.3. The van der Waals surface area contributed by atoms with Crippen LogP contribution < -0.4 is 5.32 Å². The summed E-state index contributed by atoms with van der Waals surface area (Å²) in [6, 6.07) is 16.1. The number of fused-ring (bicyclic) bond motifs is 2. The summed E-state index contributed by atoms with van der Waals surface area (Å²) in [6.07, 6.45) is 10.0. The Bertz CT molecular complexity index is 1780. The fourth-order valence-corrected chi connectivity index (χ4v) is 6.27. The zero-order chi connectivity index (χ0) is 26.2. The third-order valence-corrected chi connectivity index (χ3v) is 8.35. The van der Waals surface area contributed by atoms with Gasteiger partial charge in [0.15, 0.2) is 11.5 Å². The number of hydrogen-bond donors (Lipinski definition) is 3. The monoisotopic (exact) mass is 533 g/mol. The lowest BCUT2D eigenvalue weighted by Crippen LogP contribution is -2.18. The summed E-state index contributed by atoms with van der Waals surface area (Å²) >= 11 is 1.69. The fraction of sp³-hybridized carbons (Fsp3) is 0.233. The van der Waals surface area contributed by atoms with Gasteiger partial charge in [-0.25, -0.2) is 9.97 Å². The Kier molecular flexibility index (Phi) is 6.13. The van der Waals surface area contributed by atoms with Gasteiger partial charge in [-0.05, 0) is 54.5 Å². The van der Waals surface area contributed by atoms with Crippen LogP contribution in [0.1, 0.15) is 38.5 Å². The molecule has 1 fully saturated rings. The summed E-state index contributed by atoms with van der Waals surface area (Å²) in [7, 11) is 0. The Morgan fingerprint density at radius 2 is 1.90 bits per heavy atom. The minimum absolute atomic E-state index is 0.0492. The number of pyridine rings is 2. The lowest BCUT2D eigenvalue weighted by atomic mass is 9.87. The number of rotatable bonds is 6. The van der Waals surface area contributed by atoms with E-state index >= 15 is 0 Å². The number of amides is 1. The van der Waals surface area contributed by atoms with Gasteiger partial charge >= 0.3 is 0 Å². The number of nitrogens with one attached hydrogen (secondary N) is 3. The van der Waals surface area contributed by atoms with Crippen molar-refractivity contribution in [3.8, 4) is 33.2 Å². The number of para-hydroxylation sites is 1. The van der Waals surface area contributed by atoms with E-state index in [9.17, 15) is 4.79 Å². The molecule has 5 aromatic heterocycles. The number of carbonyl (C=O) groups excluding carboxylic acids is 1. The zero-order valence-electron chi connectivity index (χ0n) is 21.3. The molecule has 0 bridgehead atoms. The smallest absolute Gasteiger partial charge is 0.224 e. The predicted octanol–water partition coefficient (Wildman–Crippen LogP) is 7.20. The standard InChI is InChI=1S/C30H27N7OS/c38-26(14-18-6-2-1-3-7-18)32-20-15-19(16-31-17-20)22-11-12-24-28(33-22)29(37-36-24)30-34-23-9-4-8-21(27(23)35-30)25-10-5-13-39-25/h4-5,8-13,15-18H,1-3,6-7,14H2,(H,32,38)(H,34,35)(H,36,37). The molecular weight excluding hydrogens is 506 g/mol. The van der Waals surface area contributed by atoms with E-state index in [4.69, 9.17) is 9.97 Å². The highest BCUT2D eigenvalue weighted by Crippen LogP contribution is 2.34. The van der Waals surface area contributed by atoms with Crippen LogP contribution in [0.4, 0.5) is 5.69 Å². The number of imidazole rings is 1. The van der Waals surface area contributed by atoms with Gasteiger partial charge in [-0.15, -0.1) is 11.3 Å². The third-order valence-electron chi connectivity index (χ3n) is 7.45. The molecule has 1 amide bonds. The molecule has 0 unspecified atom stereocenters. The number of aromatic nitrogens is 6. The van der Waals surface area contributed by atoms with Crippen molar-refractivity contribution in [2.24, 2.45) is 5.92 Å². The van der Waals surface area contributed by atoms with Gasteiger partial charge in [-0.3, -0.25) is 14.9 Å². The van der Waals surface area contributed by atoms with Crippen molar-refractivity contribution in [1.29, 1.82) is 0 Å². The van der Waals surface area contributed by atoms with E-state index in [2.05, 4.69) is 43.0 Å². The molecule has 1 saturated carbocycles. The summed E-state index contributed by atoms with van der Waals surface area (Å²) in [5.41, 5.74) is 7.39. The summed E-state index contributed by atoms with van der Waals surface area (Å²) in [4.78, 5) is 31.5. The molecule has 1 aliphatic rings. The summed E-state index contributed by atoms with van der Waals surface area (Å²) in [6.45, 7) is 0. The second-order valence-electron chi connectivity index (χ2n) is 10.1. The van der Waals surface area contributed by atoms with Crippen LogP contribution in [0.2, 0.25) is 0 Å². The minimum Gasteiger partial charge on any atom is -0.336 e. The minimum atomic E-state index is 0.0492. The first-order chi connectivity index (χ1) is 19.2. The van der Waals surface area contributed by atoms with E-state index in [-0.39, 0.29) is 5.91 Å². The topological polar surface area (TPSA) is 112 Å². The molecule has 3 N–H and O–H groups in total. The molecule has 0 saturated heterocycles. The molecule has 194 valence electrons. The molecular formula is C30H27N7OS. The highest BCUT2D eigenvalue weighted by atomic mass is 32.1. The van der Waals surface area contributed by atoms with Gasteiger partial charge in [-0.1, -0.05) is 37.5 Å². The Morgan fingerprint density at radius 3 is 2.77 bits per heavy atom. The summed E-state index contributed by atoms with van der Waals surface area (Å²) < 4.78 is 0. The van der Waals surface area contributed by atoms with Gasteiger partial charge in [0, 0.05) is 28.6 Å². The van der Waals surface area contributed by atoms with Crippen LogP contribution in [0.15, 0.2) is 66.3 Å².